The van der Waals surface area contributed by atoms with E-state index in [0.29, 0.717) is 22.7 Å². The van der Waals surface area contributed by atoms with Crippen molar-refractivity contribution in [3.63, 3.8) is 0 Å². The van der Waals surface area contributed by atoms with Crippen LogP contribution in [0.4, 0.5) is 0 Å². The molecule has 2 unspecified atom stereocenters. The van der Waals surface area contributed by atoms with Crippen molar-refractivity contribution in [2.45, 2.75) is 32.2 Å². The highest BCUT2D eigenvalue weighted by molar-refractivity contribution is 6.30. The fourth-order valence-corrected chi connectivity index (χ4v) is 2.41. The van der Waals surface area contributed by atoms with Crippen molar-refractivity contribution in [1.82, 2.24) is 5.32 Å². The predicted molar refractivity (Wildman–Crippen MR) is 71.9 cm³/mol. The lowest BCUT2D eigenvalue weighted by molar-refractivity contribution is -0.123. The van der Waals surface area contributed by atoms with Gasteiger partial charge in [0.25, 0.3) is 5.91 Å². The Kier molecular flexibility index (Phi) is 4.48. The van der Waals surface area contributed by atoms with Crippen molar-refractivity contribution in [3.8, 4) is 5.75 Å². The number of hydrogen-bond acceptors (Lipinski definition) is 2. The van der Waals surface area contributed by atoms with Gasteiger partial charge in [0.15, 0.2) is 6.61 Å². The minimum Gasteiger partial charge on any atom is -0.484 e. The highest BCUT2D eigenvalue weighted by atomic mass is 35.5. The summed E-state index contributed by atoms with van der Waals surface area (Å²) in [6.45, 7) is 2.28. The highest BCUT2D eigenvalue weighted by Crippen LogP contribution is 2.24. The van der Waals surface area contributed by atoms with E-state index in [2.05, 4.69) is 12.2 Å². The van der Waals surface area contributed by atoms with Crippen LogP contribution >= 0.6 is 11.6 Å². The zero-order valence-corrected chi connectivity index (χ0v) is 11.2. The van der Waals surface area contributed by atoms with E-state index in [1.165, 1.54) is 6.42 Å². The average molecular weight is 268 g/mol. The van der Waals surface area contributed by atoms with Crippen molar-refractivity contribution >= 4 is 17.5 Å². The van der Waals surface area contributed by atoms with Crippen LogP contribution < -0.4 is 10.1 Å². The fraction of sp³-hybridized carbons (Fsp3) is 0.500. The van der Waals surface area contributed by atoms with Gasteiger partial charge in [0.2, 0.25) is 0 Å². The molecule has 1 amide bonds. The molecule has 0 aromatic heterocycles. The Morgan fingerprint density at radius 1 is 1.39 bits per heavy atom. The van der Waals surface area contributed by atoms with E-state index in [0.717, 1.165) is 12.8 Å². The molecule has 0 saturated heterocycles. The summed E-state index contributed by atoms with van der Waals surface area (Å²) in [6.07, 6.45) is 3.35. The maximum Gasteiger partial charge on any atom is 0.258 e. The Bertz CT molecular complexity index is 405. The molecular weight excluding hydrogens is 250 g/mol. The lowest BCUT2D eigenvalue weighted by atomic mass is 10.1. The highest BCUT2D eigenvalue weighted by Gasteiger charge is 2.22. The molecule has 0 bridgehead atoms. The van der Waals surface area contributed by atoms with Crippen LogP contribution in [0.25, 0.3) is 0 Å². The van der Waals surface area contributed by atoms with Gasteiger partial charge in [-0.25, -0.2) is 0 Å². The molecule has 1 aromatic carbocycles. The maximum absolute atomic E-state index is 11.7. The van der Waals surface area contributed by atoms with Gasteiger partial charge in [-0.3, -0.25) is 4.79 Å². The Labute approximate surface area is 112 Å². The standard InChI is InChI=1S/C14H18ClNO2/c1-10-2-5-12(8-10)16-14(17)9-18-13-6-3-11(15)4-7-13/h3-4,6-7,10,12H,2,5,8-9H2,1H3,(H,16,17). The lowest BCUT2D eigenvalue weighted by Crippen LogP contribution is -2.36. The van der Waals surface area contributed by atoms with Crippen molar-refractivity contribution in [2.24, 2.45) is 5.92 Å². The Hall–Kier alpha value is -1.22. The van der Waals surface area contributed by atoms with Gasteiger partial charge < -0.3 is 10.1 Å². The van der Waals surface area contributed by atoms with E-state index >= 15 is 0 Å². The van der Waals surface area contributed by atoms with Crippen LogP contribution in [0, 0.1) is 5.92 Å². The molecule has 0 aliphatic heterocycles. The van der Waals surface area contributed by atoms with Gasteiger partial charge in [-0.05, 0) is 49.4 Å². The third kappa shape index (κ3) is 3.91. The molecule has 1 aliphatic carbocycles. The number of rotatable bonds is 4. The van der Waals surface area contributed by atoms with Gasteiger partial charge in [0, 0.05) is 11.1 Å². The summed E-state index contributed by atoms with van der Waals surface area (Å²) >= 11 is 5.77. The molecule has 0 spiro atoms. The molecule has 4 heteroatoms. The third-order valence-corrected chi connectivity index (χ3v) is 3.50. The topological polar surface area (TPSA) is 38.3 Å². The molecule has 1 aliphatic rings. The van der Waals surface area contributed by atoms with Crippen LogP contribution in [0.5, 0.6) is 5.75 Å². The van der Waals surface area contributed by atoms with E-state index in [-0.39, 0.29) is 12.5 Å². The van der Waals surface area contributed by atoms with E-state index in [4.69, 9.17) is 16.3 Å². The smallest absolute Gasteiger partial charge is 0.258 e. The zero-order chi connectivity index (χ0) is 13.0. The first-order valence-electron chi connectivity index (χ1n) is 6.31. The molecule has 18 heavy (non-hydrogen) atoms. The van der Waals surface area contributed by atoms with Crippen molar-refractivity contribution in [2.75, 3.05) is 6.61 Å². The second-order valence-electron chi connectivity index (χ2n) is 4.93. The second-order valence-corrected chi connectivity index (χ2v) is 5.36. The summed E-state index contributed by atoms with van der Waals surface area (Å²) in [6, 6.07) is 7.32. The Morgan fingerprint density at radius 2 is 2.11 bits per heavy atom. The number of hydrogen-bond donors (Lipinski definition) is 1. The fourth-order valence-electron chi connectivity index (χ4n) is 2.29. The summed E-state index contributed by atoms with van der Waals surface area (Å²) in [4.78, 5) is 11.7. The van der Waals surface area contributed by atoms with Crippen LogP contribution in [-0.2, 0) is 4.79 Å². The molecule has 0 heterocycles. The number of benzene rings is 1. The second kappa shape index (κ2) is 6.10. The molecular formula is C14H18ClNO2. The van der Waals surface area contributed by atoms with Gasteiger partial charge in [0.05, 0.1) is 0 Å². The van der Waals surface area contributed by atoms with Crippen LogP contribution in [0.3, 0.4) is 0 Å². The number of ether oxygens (including phenoxy) is 1. The SMILES string of the molecule is CC1CCC(NC(=O)COc2ccc(Cl)cc2)C1. The van der Waals surface area contributed by atoms with Crippen LogP contribution in [0.2, 0.25) is 5.02 Å². The summed E-state index contributed by atoms with van der Waals surface area (Å²) < 4.78 is 5.39. The average Bonchev–Trinajstić information content (AvgIpc) is 2.74. The van der Waals surface area contributed by atoms with Gasteiger partial charge in [0.1, 0.15) is 5.75 Å². The Morgan fingerprint density at radius 3 is 2.72 bits per heavy atom. The van der Waals surface area contributed by atoms with Gasteiger partial charge in [-0.15, -0.1) is 0 Å². The minimum absolute atomic E-state index is 0.0518. The lowest BCUT2D eigenvalue weighted by Gasteiger charge is -2.13. The summed E-state index contributed by atoms with van der Waals surface area (Å²) in [5.41, 5.74) is 0. The molecule has 1 aromatic rings. The van der Waals surface area contributed by atoms with Gasteiger partial charge in [-0.2, -0.15) is 0 Å². The minimum atomic E-state index is -0.0518. The van der Waals surface area contributed by atoms with Crippen molar-refractivity contribution < 1.29 is 9.53 Å². The normalized spacial score (nSPS) is 22.8. The van der Waals surface area contributed by atoms with Gasteiger partial charge in [-0.1, -0.05) is 18.5 Å². The third-order valence-electron chi connectivity index (χ3n) is 3.24. The van der Waals surface area contributed by atoms with Crippen LogP contribution in [-0.4, -0.2) is 18.6 Å². The number of carbonyl (C=O) groups is 1. The number of carbonyl (C=O) groups excluding carboxylic acids is 1. The molecule has 1 saturated carbocycles. The number of amides is 1. The van der Waals surface area contributed by atoms with E-state index < -0.39 is 0 Å². The maximum atomic E-state index is 11.7. The predicted octanol–water partition coefficient (Wildman–Crippen LogP) is 3.02. The molecule has 1 fully saturated rings. The number of nitrogens with one attached hydrogen (secondary N) is 1. The molecule has 98 valence electrons. The monoisotopic (exact) mass is 267 g/mol. The first kappa shape index (κ1) is 13.2. The van der Waals surface area contributed by atoms with Crippen LogP contribution in [0.1, 0.15) is 26.2 Å². The quantitative estimate of drug-likeness (QED) is 0.911. The molecule has 2 rings (SSSR count). The van der Waals surface area contributed by atoms with E-state index in [1.807, 2.05) is 0 Å². The van der Waals surface area contributed by atoms with Gasteiger partial charge >= 0.3 is 0 Å². The first-order chi connectivity index (χ1) is 8.63. The largest absolute Gasteiger partial charge is 0.484 e. The summed E-state index contributed by atoms with van der Waals surface area (Å²) in [5, 5.41) is 3.66. The summed E-state index contributed by atoms with van der Waals surface area (Å²) in [5.74, 6) is 1.32. The molecule has 3 nitrogen and oxygen atoms in total. The van der Waals surface area contributed by atoms with Crippen molar-refractivity contribution in [3.05, 3.63) is 29.3 Å². The molecule has 0 radical (unpaired) electrons. The molecule has 1 N–H and O–H groups in total. The van der Waals surface area contributed by atoms with E-state index in [1.54, 1.807) is 24.3 Å². The summed E-state index contributed by atoms with van der Waals surface area (Å²) in [7, 11) is 0. The Balaban J connectivity index is 1.73. The number of halogens is 1. The zero-order valence-electron chi connectivity index (χ0n) is 10.5. The van der Waals surface area contributed by atoms with E-state index in [9.17, 15) is 4.79 Å². The first-order valence-corrected chi connectivity index (χ1v) is 6.69. The van der Waals surface area contributed by atoms with Crippen LogP contribution in [0.15, 0.2) is 24.3 Å². The van der Waals surface area contributed by atoms with Crippen molar-refractivity contribution in [1.29, 1.82) is 0 Å². The molecule has 2 atom stereocenters.